The van der Waals surface area contributed by atoms with Crippen LogP contribution in [0.2, 0.25) is 0 Å². The summed E-state index contributed by atoms with van der Waals surface area (Å²) >= 11 is 0. The lowest BCUT2D eigenvalue weighted by Gasteiger charge is -2.01. The number of ketones is 1. The molecule has 6 heteroatoms. The van der Waals surface area contributed by atoms with Crippen molar-refractivity contribution in [2.45, 2.75) is 0 Å². The van der Waals surface area contributed by atoms with Crippen molar-refractivity contribution in [2.24, 2.45) is 0 Å². The number of methoxy groups -OCH3 is 1. The fraction of sp³-hybridized carbons (Fsp3) is 0.0833. The van der Waals surface area contributed by atoms with E-state index >= 15 is 0 Å². The lowest BCUT2D eigenvalue weighted by Crippen LogP contribution is -2.06. The third kappa shape index (κ3) is 2.48. The third-order valence-corrected chi connectivity index (χ3v) is 2.21. The second-order valence-electron chi connectivity index (χ2n) is 3.45. The van der Waals surface area contributed by atoms with Crippen molar-refractivity contribution in [1.29, 1.82) is 0 Å². The van der Waals surface area contributed by atoms with Gasteiger partial charge in [-0.3, -0.25) is 4.79 Å². The van der Waals surface area contributed by atoms with Gasteiger partial charge in [-0.05, 0) is 18.2 Å². The maximum atomic E-state index is 13.0. The SMILES string of the molecule is COc1ccc(C(=O)c2cc(F)cc(F)c2)nn1. The number of aromatic nitrogens is 2. The van der Waals surface area contributed by atoms with E-state index in [2.05, 4.69) is 10.2 Å². The van der Waals surface area contributed by atoms with E-state index in [0.717, 1.165) is 12.1 Å². The average Bonchev–Trinajstić information content (AvgIpc) is 2.37. The summed E-state index contributed by atoms with van der Waals surface area (Å²) in [6.07, 6.45) is 0. The summed E-state index contributed by atoms with van der Waals surface area (Å²) < 4.78 is 30.7. The zero-order valence-electron chi connectivity index (χ0n) is 9.35. The van der Waals surface area contributed by atoms with Crippen LogP contribution in [0.1, 0.15) is 16.1 Å². The largest absolute Gasteiger partial charge is 0.480 e. The smallest absolute Gasteiger partial charge is 0.233 e. The first-order chi connectivity index (χ1) is 8.60. The summed E-state index contributed by atoms with van der Waals surface area (Å²) in [5.41, 5.74) is -0.132. The van der Waals surface area contributed by atoms with Crippen molar-refractivity contribution in [1.82, 2.24) is 10.2 Å². The van der Waals surface area contributed by atoms with Gasteiger partial charge >= 0.3 is 0 Å². The van der Waals surface area contributed by atoms with E-state index in [0.29, 0.717) is 6.07 Å². The molecule has 18 heavy (non-hydrogen) atoms. The van der Waals surface area contributed by atoms with E-state index in [1.807, 2.05) is 0 Å². The van der Waals surface area contributed by atoms with Gasteiger partial charge in [0.1, 0.15) is 17.3 Å². The molecule has 0 saturated heterocycles. The van der Waals surface area contributed by atoms with Gasteiger partial charge in [-0.25, -0.2) is 8.78 Å². The van der Waals surface area contributed by atoms with Crippen LogP contribution in [0.25, 0.3) is 0 Å². The van der Waals surface area contributed by atoms with Crippen LogP contribution in [0.5, 0.6) is 5.88 Å². The van der Waals surface area contributed by atoms with Gasteiger partial charge in [0.2, 0.25) is 11.7 Å². The highest BCUT2D eigenvalue weighted by Gasteiger charge is 2.13. The molecule has 0 fully saturated rings. The summed E-state index contributed by atoms with van der Waals surface area (Å²) in [5, 5.41) is 7.22. The van der Waals surface area contributed by atoms with Crippen molar-refractivity contribution < 1.29 is 18.3 Å². The van der Waals surface area contributed by atoms with Crippen molar-refractivity contribution in [3.63, 3.8) is 0 Å². The first-order valence-corrected chi connectivity index (χ1v) is 4.98. The summed E-state index contributed by atoms with van der Waals surface area (Å²) in [4.78, 5) is 11.9. The Morgan fingerprint density at radius 1 is 1.11 bits per heavy atom. The Balaban J connectivity index is 2.34. The number of ether oxygens (including phenoxy) is 1. The molecular formula is C12H8F2N2O2. The first kappa shape index (κ1) is 12.1. The van der Waals surface area contributed by atoms with Crippen LogP contribution in [-0.4, -0.2) is 23.1 Å². The zero-order chi connectivity index (χ0) is 13.1. The highest BCUT2D eigenvalue weighted by Crippen LogP contribution is 2.13. The van der Waals surface area contributed by atoms with Crippen LogP contribution in [0.4, 0.5) is 8.78 Å². The van der Waals surface area contributed by atoms with Gasteiger partial charge in [0, 0.05) is 17.7 Å². The van der Waals surface area contributed by atoms with Crippen LogP contribution in [0.3, 0.4) is 0 Å². The van der Waals surface area contributed by atoms with E-state index in [-0.39, 0.29) is 17.1 Å². The predicted octanol–water partition coefficient (Wildman–Crippen LogP) is 1.99. The van der Waals surface area contributed by atoms with Gasteiger partial charge < -0.3 is 4.74 Å². The molecule has 0 aliphatic rings. The van der Waals surface area contributed by atoms with Gasteiger partial charge in [0.05, 0.1) is 7.11 Å². The molecule has 0 saturated carbocycles. The topological polar surface area (TPSA) is 52.1 Å². The lowest BCUT2D eigenvalue weighted by molar-refractivity contribution is 0.103. The van der Waals surface area contributed by atoms with Gasteiger partial charge in [-0.15, -0.1) is 10.2 Å². The molecule has 0 atom stereocenters. The van der Waals surface area contributed by atoms with E-state index in [4.69, 9.17) is 4.74 Å². The first-order valence-electron chi connectivity index (χ1n) is 4.98. The van der Waals surface area contributed by atoms with Gasteiger partial charge in [0.25, 0.3) is 0 Å². The minimum absolute atomic E-state index is 0.0131. The molecule has 1 heterocycles. The fourth-order valence-corrected chi connectivity index (χ4v) is 1.38. The number of nitrogens with zero attached hydrogens (tertiary/aromatic N) is 2. The minimum atomic E-state index is -0.820. The number of halogens is 2. The number of carbonyl (C=O) groups excluding carboxylic acids is 1. The molecular weight excluding hydrogens is 242 g/mol. The van der Waals surface area contributed by atoms with E-state index in [1.165, 1.54) is 19.2 Å². The molecule has 0 spiro atoms. The summed E-state index contributed by atoms with van der Waals surface area (Å²) in [5.74, 6) is -2.00. The van der Waals surface area contributed by atoms with E-state index < -0.39 is 17.4 Å². The second-order valence-corrected chi connectivity index (χ2v) is 3.45. The van der Waals surface area contributed by atoms with Gasteiger partial charge in [-0.1, -0.05) is 0 Å². The molecule has 0 bridgehead atoms. The molecule has 2 rings (SSSR count). The standard InChI is InChI=1S/C12H8F2N2O2/c1-18-11-3-2-10(15-16-11)12(17)7-4-8(13)6-9(14)5-7/h2-6H,1H3. The quantitative estimate of drug-likeness (QED) is 0.782. The number of benzene rings is 1. The molecule has 0 amide bonds. The second kappa shape index (κ2) is 4.87. The fourth-order valence-electron chi connectivity index (χ4n) is 1.38. The summed E-state index contributed by atoms with van der Waals surface area (Å²) in [7, 11) is 1.41. The summed E-state index contributed by atoms with van der Waals surface area (Å²) in [6, 6.07) is 5.39. The minimum Gasteiger partial charge on any atom is -0.480 e. The Morgan fingerprint density at radius 2 is 1.78 bits per heavy atom. The van der Waals surface area contributed by atoms with Crippen LogP contribution in [-0.2, 0) is 0 Å². The Hall–Kier alpha value is -2.37. The maximum Gasteiger partial charge on any atom is 0.233 e. The Bertz CT molecular complexity index is 565. The third-order valence-electron chi connectivity index (χ3n) is 2.21. The molecule has 0 unspecified atom stereocenters. The van der Waals surface area contributed by atoms with Gasteiger partial charge in [0.15, 0.2) is 0 Å². The Morgan fingerprint density at radius 3 is 2.28 bits per heavy atom. The molecule has 0 radical (unpaired) electrons. The van der Waals surface area contributed by atoms with E-state index in [1.54, 1.807) is 0 Å². The van der Waals surface area contributed by atoms with Gasteiger partial charge in [-0.2, -0.15) is 0 Å². The normalized spacial score (nSPS) is 10.2. The van der Waals surface area contributed by atoms with Crippen molar-refractivity contribution >= 4 is 5.78 Å². The van der Waals surface area contributed by atoms with E-state index in [9.17, 15) is 13.6 Å². The molecule has 0 aliphatic heterocycles. The average molecular weight is 250 g/mol. The summed E-state index contributed by atoms with van der Waals surface area (Å²) in [6.45, 7) is 0. The lowest BCUT2D eigenvalue weighted by atomic mass is 10.1. The van der Waals surface area contributed by atoms with Crippen molar-refractivity contribution in [2.75, 3.05) is 7.11 Å². The Kier molecular flexibility index (Phi) is 3.27. The predicted molar refractivity (Wildman–Crippen MR) is 58.4 cm³/mol. The highest BCUT2D eigenvalue weighted by molar-refractivity contribution is 6.07. The van der Waals surface area contributed by atoms with Crippen LogP contribution >= 0.6 is 0 Å². The monoisotopic (exact) mass is 250 g/mol. The number of carbonyl (C=O) groups is 1. The van der Waals surface area contributed by atoms with Crippen molar-refractivity contribution in [3.8, 4) is 5.88 Å². The number of rotatable bonds is 3. The molecule has 2 aromatic rings. The molecule has 1 aromatic carbocycles. The Labute approximate surface area is 101 Å². The highest BCUT2D eigenvalue weighted by atomic mass is 19.1. The molecule has 92 valence electrons. The number of hydrogen-bond donors (Lipinski definition) is 0. The number of hydrogen-bond acceptors (Lipinski definition) is 4. The van der Waals surface area contributed by atoms with Crippen LogP contribution in [0, 0.1) is 11.6 Å². The molecule has 0 aliphatic carbocycles. The molecule has 0 N–H and O–H groups in total. The zero-order valence-corrected chi connectivity index (χ0v) is 9.35. The molecule has 4 nitrogen and oxygen atoms in total. The van der Waals surface area contributed by atoms with Crippen molar-refractivity contribution in [3.05, 3.63) is 53.2 Å². The maximum absolute atomic E-state index is 13.0. The van der Waals surface area contributed by atoms with Crippen LogP contribution < -0.4 is 4.74 Å². The van der Waals surface area contributed by atoms with Crippen LogP contribution in [0.15, 0.2) is 30.3 Å². The molecule has 1 aromatic heterocycles.